The summed E-state index contributed by atoms with van der Waals surface area (Å²) in [6.07, 6.45) is 0. The van der Waals surface area contributed by atoms with Crippen LogP contribution < -0.4 is 10.6 Å². The van der Waals surface area contributed by atoms with Gasteiger partial charge >= 0.3 is 0 Å². The SMILES string of the molecule is Cc1cc(C)c(C(=O)P(=O)(c2ccccc2)c2ccccc2)c(C)c1.O=P. The van der Waals surface area contributed by atoms with Crippen LogP contribution in [-0.2, 0) is 9.13 Å². The molecule has 0 saturated heterocycles. The van der Waals surface area contributed by atoms with E-state index in [1.54, 1.807) is 33.4 Å². The van der Waals surface area contributed by atoms with Gasteiger partial charge in [-0.15, -0.1) is 0 Å². The van der Waals surface area contributed by atoms with Crippen LogP contribution in [0.25, 0.3) is 0 Å². The van der Waals surface area contributed by atoms with Crippen LogP contribution >= 0.6 is 16.3 Å². The first-order valence-electron chi connectivity index (χ1n) is 8.49. The van der Waals surface area contributed by atoms with Crippen molar-refractivity contribution in [3.63, 3.8) is 0 Å². The Bertz CT molecular complexity index is 916. The highest BCUT2D eigenvalue weighted by Crippen LogP contribution is 2.47. The first-order chi connectivity index (χ1) is 12.9. The fourth-order valence-electron chi connectivity index (χ4n) is 3.33. The quantitative estimate of drug-likeness (QED) is 0.567. The van der Waals surface area contributed by atoms with Crippen molar-refractivity contribution in [2.75, 3.05) is 0 Å². The third-order valence-electron chi connectivity index (χ3n) is 4.42. The van der Waals surface area contributed by atoms with Gasteiger partial charge in [0.2, 0.25) is 12.7 Å². The monoisotopic (exact) mass is 396 g/mol. The molecule has 0 amide bonds. The van der Waals surface area contributed by atoms with Crippen molar-refractivity contribution in [1.82, 2.24) is 0 Å². The van der Waals surface area contributed by atoms with Crippen LogP contribution in [0.3, 0.4) is 0 Å². The number of hydrogen-bond acceptors (Lipinski definition) is 3. The minimum absolute atomic E-state index is 0.292. The fourth-order valence-corrected chi connectivity index (χ4v) is 5.95. The Morgan fingerprint density at radius 1 is 0.741 bits per heavy atom. The lowest BCUT2D eigenvalue weighted by atomic mass is 10.0. The highest BCUT2D eigenvalue weighted by molar-refractivity contribution is 7.93. The highest BCUT2D eigenvalue weighted by atomic mass is 31.2. The van der Waals surface area contributed by atoms with E-state index in [2.05, 4.69) is 0 Å². The molecule has 3 nitrogen and oxygen atoms in total. The van der Waals surface area contributed by atoms with Gasteiger partial charge in [0.15, 0.2) is 0 Å². The molecule has 0 N–H and O–H groups in total. The Labute approximate surface area is 162 Å². The van der Waals surface area contributed by atoms with Crippen molar-refractivity contribution in [3.05, 3.63) is 95.1 Å². The molecule has 3 aromatic carbocycles. The first-order valence-corrected chi connectivity index (χ1v) is 10.6. The molecular formula is C22H22O3P2. The first kappa shape index (κ1) is 21.0. The van der Waals surface area contributed by atoms with E-state index < -0.39 is 7.14 Å². The normalized spacial score (nSPS) is 10.6. The summed E-state index contributed by atoms with van der Waals surface area (Å²) in [5, 5.41) is 1.15. The van der Waals surface area contributed by atoms with Gasteiger partial charge in [-0.05, 0) is 31.9 Å². The van der Waals surface area contributed by atoms with Gasteiger partial charge in [0.25, 0.3) is 0 Å². The minimum atomic E-state index is -3.44. The summed E-state index contributed by atoms with van der Waals surface area (Å²) in [6, 6.07) is 22.1. The molecule has 5 heteroatoms. The van der Waals surface area contributed by atoms with Crippen LogP contribution in [0.2, 0.25) is 0 Å². The highest BCUT2D eigenvalue weighted by Gasteiger charge is 2.37. The molecule has 138 valence electrons. The lowest BCUT2D eigenvalue weighted by molar-refractivity contribution is 0.107. The topological polar surface area (TPSA) is 51.2 Å². The molecule has 0 saturated carbocycles. The van der Waals surface area contributed by atoms with E-state index in [4.69, 9.17) is 4.57 Å². The number of aryl methyl sites for hydroxylation is 3. The van der Waals surface area contributed by atoms with E-state index >= 15 is 0 Å². The average Bonchev–Trinajstić information content (AvgIpc) is 2.69. The Morgan fingerprint density at radius 2 is 1.11 bits per heavy atom. The molecule has 0 aromatic heterocycles. The summed E-state index contributed by atoms with van der Waals surface area (Å²) in [5.74, 6) is 0. The molecule has 0 fully saturated rings. The van der Waals surface area contributed by atoms with Crippen LogP contribution in [0.1, 0.15) is 27.0 Å². The predicted molar refractivity (Wildman–Crippen MR) is 114 cm³/mol. The number of hydrogen-bond donors (Lipinski definition) is 0. The predicted octanol–water partition coefficient (Wildman–Crippen LogP) is 5.24. The molecule has 0 heterocycles. The zero-order valence-electron chi connectivity index (χ0n) is 15.6. The lowest BCUT2D eigenvalue weighted by Gasteiger charge is -2.20. The molecule has 0 aliphatic rings. The second kappa shape index (κ2) is 9.04. The third-order valence-corrected chi connectivity index (χ3v) is 7.26. The van der Waals surface area contributed by atoms with E-state index in [1.165, 1.54) is 0 Å². The maximum Gasteiger partial charge on any atom is 0.230 e. The van der Waals surface area contributed by atoms with Crippen molar-refractivity contribution in [2.45, 2.75) is 20.8 Å². The van der Waals surface area contributed by atoms with E-state index in [0.29, 0.717) is 16.2 Å². The maximum absolute atomic E-state index is 14.2. The van der Waals surface area contributed by atoms with E-state index in [0.717, 1.165) is 16.7 Å². The van der Waals surface area contributed by atoms with E-state index in [1.807, 2.05) is 69.3 Å². The molecule has 0 atom stereocenters. The molecule has 0 spiro atoms. The molecule has 27 heavy (non-hydrogen) atoms. The van der Waals surface area contributed by atoms with Gasteiger partial charge in [-0.1, -0.05) is 78.4 Å². The standard InChI is InChI=1S/C22H21O2P.HOP/c1-16-14-17(2)21(18(3)15-16)22(23)25(24,19-10-6-4-7-11-19)20-12-8-5-9-13-20;1-2/h4-15H,1-3H3;2H. The Kier molecular flexibility index (Phi) is 7.02. The fraction of sp³-hybridized carbons (Fsp3) is 0.136. The van der Waals surface area contributed by atoms with Crippen LogP contribution in [0.5, 0.6) is 0 Å². The number of rotatable bonds is 4. The Hall–Kier alpha value is -2.34. The number of carbonyl (C=O) groups is 1. The largest absolute Gasteiger partial charge is 0.305 e. The van der Waals surface area contributed by atoms with Gasteiger partial charge in [-0.3, -0.25) is 9.36 Å². The Balaban J connectivity index is 0.00000126. The molecule has 0 radical (unpaired) electrons. The van der Waals surface area contributed by atoms with Gasteiger partial charge in [0, 0.05) is 16.2 Å². The van der Waals surface area contributed by atoms with Crippen molar-refractivity contribution >= 4 is 32.4 Å². The van der Waals surface area contributed by atoms with Gasteiger partial charge < -0.3 is 4.57 Å². The van der Waals surface area contributed by atoms with Gasteiger partial charge in [0.05, 0.1) is 0 Å². The summed E-state index contributed by atoms with van der Waals surface area (Å²) < 4.78 is 22.2. The van der Waals surface area contributed by atoms with Crippen LogP contribution in [-0.4, -0.2) is 5.52 Å². The summed E-state index contributed by atoms with van der Waals surface area (Å²) in [4.78, 5) is 13.6. The minimum Gasteiger partial charge on any atom is -0.305 e. The molecule has 0 unspecified atom stereocenters. The molecule has 0 aliphatic carbocycles. The van der Waals surface area contributed by atoms with Gasteiger partial charge in [-0.25, -0.2) is 0 Å². The van der Waals surface area contributed by atoms with Crippen LogP contribution in [0.15, 0.2) is 72.8 Å². The van der Waals surface area contributed by atoms with E-state index in [9.17, 15) is 9.36 Å². The van der Waals surface area contributed by atoms with Gasteiger partial charge in [-0.2, -0.15) is 0 Å². The Morgan fingerprint density at radius 3 is 1.48 bits per heavy atom. The summed E-state index contributed by atoms with van der Waals surface area (Å²) in [7, 11) is -1.72. The van der Waals surface area contributed by atoms with E-state index in [-0.39, 0.29) is 5.52 Å². The maximum atomic E-state index is 14.2. The number of carbonyl (C=O) groups excluding carboxylic acids is 1. The second-order valence-corrected chi connectivity index (χ2v) is 9.02. The van der Waals surface area contributed by atoms with Crippen molar-refractivity contribution in [2.24, 2.45) is 0 Å². The second-order valence-electron chi connectivity index (χ2n) is 6.36. The van der Waals surface area contributed by atoms with Crippen molar-refractivity contribution < 1.29 is 13.9 Å². The lowest BCUT2D eigenvalue weighted by Crippen LogP contribution is -2.23. The summed E-state index contributed by atoms with van der Waals surface area (Å²) >= 11 is 0. The number of benzene rings is 3. The summed E-state index contributed by atoms with van der Waals surface area (Å²) in [6.45, 7) is 5.82. The van der Waals surface area contributed by atoms with Gasteiger partial charge in [0.1, 0.15) is 9.12 Å². The van der Waals surface area contributed by atoms with Crippen LogP contribution in [0, 0.1) is 20.8 Å². The smallest absolute Gasteiger partial charge is 0.230 e. The van der Waals surface area contributed by atoms with Crippen molar-refractivity contribution in [3.8, 4) is 0 Å². The molecule has 0 bridgehead atoms. The molecule has 3 aromatic rings. The average molecular weight is 396 g/mol. The third kappa shape index (κ3) is 4.16. The summed E-state index contributed by atoms with van der Waals surface area (Å²) in [5.41, 5.74) is 3.12. The molecule has 3 rings (SSSR count). The van der Waals surface area contributed by atoms with Crippen molar-refractivity contribution in [1.29, 1.82) is 0 Å². The van der Waals surface area contributed by atoms with Crippen LogP contribution in [0.4, 0.5) is 0 Å². The zero-order chi connectivity index (χ0) is 20.0. The molecular weight excluding hydrogens is 374 g/mol. The zero-order valence-corrected chi connectivity index (χ0v) is 17.5. The molecule has 0 aliphatic heterocycles.